The minimum absolute atomic E-state index is 0.0586. The van der Waals surface area contributed by atoms with Gasteiger partial charge in [-0.25, -0.2) is 19.7 Å². The zero-order valence-corrected chi connectivity index (χ0v) is 25.3. The van der Waals surface area contributed by atoms with Gasteiger partial charge in [0.2, 0.25) is 5.95 Å². The van der Waals surface area contributed by atoms with Gasteiger partial charge < -0.3 is 10.6 Å². The number of aryl methyl sites for hydroxylation is 1. The number of urea groups is 1. The number of nitrogens with one attached hydrogen (secondary N) is 2. The van der Waals surface area contributed by atoms with Gasteiger partial charge in [-0.1, -0.05) is 42.5 Å². The fourth-order valence-corrected chi connectivity index (χ4v) is 5.74. The maximum Gasteiger partial charge on any atom is 0.323 e. The second-order valence-electron chi connectivity index (χ2n) is 11.2. The Kier molecular flexibility index (Phi) is 8.93. The molecule has 0 radical (unpaired) electrons. The van der Waals surface area contributed by atoms with Gasteiger partial charge in [0.05, 0.1) is 35.3 Å². The summed E-state index contributed by atoms with van der Waals surface area (Å²) in [7, 11) is 1.87. The first-order chi connectivity index (χ1) is 22.5. The van der Waals surface area contributed by atoms with Crippen LogP contribution in [0.25, 0.3) is 22.4 Å². The summed E-state index contributed by atoms with van der Waals surface area (Å²) in [6, 6.07) is 24.8. The monoisotopic (exact) mass is 608 g/mol. The van der Waals surface area contributed by atoms with E-state index in [2.05, 4.69) is 37.8 Å². The van der Waals surface area contributed by atoms with E-state index in [1.165, 1.54) is 6.20 Å². The number of anilines is 2. The minimum Gasteiger partial charge on any atom is -0.351 e. The number of carbonyl (C=O) groups is 1. The van der Waals surface area contributed by atoms with E-state index in [1.54, 1.807) is 40.2 Å². The van der Waals surface area contributed by atoms with Crippen LogP contribution in [0.1, 0.15) is 42.4 Å². The fourth-order valence-electron chi connectivity index (χ4n) is 5.74. The average Bonchev–Trinajstić information content (AvgIpc) is 3.55. The maximum atomic E-state index is 13.7. The summed E-state index contributed by atoms with van der Waals surface area (Å²) in [6.45, 7) is 0.413. The van der Waals surface area contributed by atoms with Crippen molar-refractivity contribution < 1.29 is 4.79 Å². The van der Waals surface area contributed by atoms with Crippen molar-refractivity contribution >= 4 is 17.8 Å². The van der Waals surface area contributed by atoms with Gasteiger partial charge >= 0.3 is 6.03 Å². The van der Waals surface area contributed by atoms with E-state index in [4.69, 9.17) is 4.98 Å². The molecular weight excluding hydrogens is 576 g/mol. The number of hydrogen-bond acceptors (Lipinski definition) is 8. The van der Waals surface area contributed by atoms with Gasteiger partial charge in [-0.3, -0.25) is 9.58 Å². The molecular formula is C35H32N10O. The lowest BCUT2D eigenvalue weighted by atomic mass is 9.90. The van der Waals surface area contributed by atoms with Crippen molar-refractivity contribution in [2.75, 3.05) is 10.2 Å². The Labute approximate surface area is 267 Å². The Morgan fingerprint density at radius 2 is 1.74 bits per heavy atom. The van der Waals surface area contributed by atoms with Gasteiger partial charge in [0.15, 0.2) is 0 Å². The van der Waals surface area contributed by atoms with Gasteiger partial charge in [0.25, 0.3) is 0 Å². The summed E-state index contributed by atoms with van der Waals surface area (Å²) in [5, 5.41) is 29.7. The lowest BCUT2D eigenvalue weighted by Gasteiger charge is -2.36. The molecule has 0 atom stereocenters. The van der Waals surface area contributed by atoms with Crippen molar-refractivity contribution in [2.45, 2.75) is 44.3 Å². The van der Waals surface area contributed by atoms with E-state index >= 15 is 0 Å². The van der Waals surface area contributed by atoms with Crippen LogP contribution < -0.4 is 15.5 Å². The zero-order chi connectivity index (χ0) is 31.9. The lowest BCUT2D eigenvalue weighted by molar-refractivity contribution is 0.240. The van der Waals surface area contributed by atoms with E-state index in [-0.39, 0.29) is 18.1 Å². The van der Waals surface area contributed by atoms with Crippen molar-refractivity contribution in [3.8, 4) is 34.5 Å². The third-order valence-corrected chi connectivity index (χ3v) is 8.11. The smallest absolute Gasteiger partial charge is 0.323 e. The summed E-state index contributed by atoms with van der Waals surface area (Å²) in [6.07, 6.45) is 10.1. The molecule has 2 amide bonds. The summed E-state index contributed by atoms with van der Waals surface area (Å²) in [4.78, 5) is 29.2. The Morgan fingerprint density at radius 3 is 2.43 bits per heavy atom. The van der Waals surface area contributed by atoms with Crippen molar-refractivity contribution in [1.82, 2.24) is 30.0 Å². The number of rotatable bonds is 8. The molecule has 0 aliphatic heterocycles. The molecule has 2 aromatic carbocycles. The van der Waals surface area contributed by atoms with Crippen LogP contribution in [-0.2, 0) is 13.6 Å². The Bertz CT molecular complexity index is 1900. The Hall–Kier alpha value is -6.07. The molecule has 3 heterocycles. The van der Waals surface area contributed by atoms with E-state index in [1.807, 2.05) is 61.8 Å². The van der Waals surface area contributed by atoms with Crippen molar-refractivity contribution in [3.63, 3.8) is 0 Å². The van der Waals surface area contributed by atoms with Gasteiger partial charge in [-0.2, -0.15) is 15.6 Å². The molecule has 0 unspecified atom stereocenters. The second-order valence-corrected chi connectivity index (χ2v) is 11.2. The molecule has 3 aromatic heterocycles. The van der Waals surface area contributed by atoms with Crippen LogP contribution >= 0.6 is 0 Å². The molecule has 6 rings (SSSR count). The predicted octanol–water partition coefficient (Wildman–Crippen LogP) is 5.82. The first kappa shape index (κ1) is 30.0. The fraction of sp³-hybridized carbons (Fsp3) is 0.229. The summed E-state index contributed by atoms with van der Waals surface area (Å²) in [5.74, 6) is 1.01. The number of pyridine rings is 1. The van der Waals surface area contributed by atoms with Crippen LogP contribution in [0.15, 0.2) is 91.5 Å². The number of aromatic nitrogens is 5. The van der Waals surface area contributed by atoms with Gasteiger partial charge in [-0.15, -0.1) is 0 Å². The standard InChI is InChI=1S/C35H32N10O/c1-44-23-29(22-41-44)27-10-15-32(38-20-27)45(35(46)40-19-24-6-3-2-4-7-24)31-13-11-30(12-14-31)42-34-39-21-28(18-37)33(43-34)26-9-5-8-25(16-26)17-36/h2-10,15-16,20-23,30-31H,11-14,19H2,1H3,(H,40,46)(H,39,42,43)/t30-,31-. The topological polar surface area (TPSA) is 148 Å². The lowest BCUT2D eigenvalue weighted by Crippen LogP contribution is -2.49. The highest BCUT2D eigenvalue weighted by Crippen LogP contribution is 2.30. The summed E-state index contributed by atoms with van der Waals surface area (Å²) in [5.41, 5.74) is 4.89. The van der Waals surface area contributed by atoms with Crippen LogP contribution in [0.2, 0.25) is 0 Å². The molecule has 0 bridgehead atoms. The number of hydrogen-bond donors (Lipinski definition) is 2. The van der Waals surface area contributed by atoms with Crippen LogP contribution in [-0.4, -0.2) is 42.8 Å². The molecule has 11 heteroatoms. The first-order valence-corrected chi connectivity index (χ1v) is 15.1. The number of amides is 2. The average molecular weight is 609 g/mol. The molecule has 228 valence electrons. The van der Waals surface area contributed by atoms with E-state index < -0.39 is 0 Å². The molecule has 1 aliphatic carbocycles. The van der Waals surface area contributed by atoms with Gasteiger partial charge in [-0.05, 0) is 55.5 Å². The van der Waals surface area contributed by atoms with Gasteiger partial charge in [0.1, 0.15) is 11.9 Å². The third-order valence-electron chi connectivity index (χ3n) is 8.11. The quantitative estimate of drug-likeness (QED) is 0.224. The van der Waals surface area contributed by atoms with E-state index in [0.717, 1.165) is 42.4 Å². The number of nitriles is 2. The number of carbonyl (C=O) groups excluding carboxylic acids is 1. The maximum absolute atomic E-state index is 13.7. The SMILES string of the molecule is Cn1cc(-c2ccc(N(C(=O)NCc3ccccc3)[C@H]3CC[C@H](Nc4ncc(C#N)c(-c5cccc(C#N)c5)n4)CC3)nc2)cn1. The largest absolute Gasteiger partial charge is 0.351 e. The van der Waals surface area contributed by atoms with Crippen molar-refractivity contribution in [1.29, 1.82) is 10.5 Å². The Morgan fingerprint density at radius 1 is 0.913 bits per heavy atom. The van der Waals surface area contributed by atoms with Crippen LogP contribution in [0.3, 0.4) is 0 Å². The second kappa shape index (κ2) is 13.7. The molecule has 1 fully saturated rings. The molecule has 0 spiro atoms. The summed E-state index contributed by atoms with van der Waals surface area (Å²) < 4.78 is 1.75. The van der Waals surface area contributed by atoms with Crippen LogP contribution in [0, 0.1) is 22.7 Å². The highest BCUT2D eigenvalue weighted by molar-refractivity contribution is 5.91. The molecule has 1 aliphatic rings. The molecule has 1 saturated carbocycles. The van der Waals surface area contributed by atoms with Crippen LogP contribution in [0.4, 0.5) is 16.6 Å². The van der Waals surface area contributed by atoms with Crippen LogP contribution in [0.5, 0.6) is 0 Å². The van der Waals surface area contributed by atoms with Crippen molar-refractivity contribution in [2.24, 2.45) is 7.05 Å². The predicted molar refractivity (Wildman–Crippen MR) is 174 cm³/mol. The minimum atomic E-state index is -0.193. The number of benzene rings is 2. The molecule has 0 saturated heterocycles. The highest BCUT2D eigenvalue weighted by atomic mass is 16.2. The van der Waals surface area contributed by atoms with Crippen molar-refractivity contribution in [3.05, 3.63) is 108 Å². The molecule has 5 aromatic rings. The number of nitrogens with zero attached hydrogens (tertiary/aromatic N) is 8. The molecule has 11 nitrogen and oxygen atoms in total. The first-order valence-electron chi connectivity index (χ1n) is 15.1. The van der Waals surface area contributed by atoms with E-state index in [0.29, 0.717) is 40.7 Å². The van der Waals surface area contributed by atoms with Gasteiger partial charge in [0, 0.05) is 54.8 Å². The van der Waals surface area contributed by atoms with E-state index in [9.17, 15) is 15.3 Å². The molecule has 46 heavy (non-hydrogen) atoms. The highest BCUT2D eigenvalue weighted by Gasteiger charge is 2.31. The normalized spacial score (nSPS) is 15.7. The summed E-state index contributed by atoms with van der Waals surface area (Å²) >= 11 is 0. The Balaban J connectivity index is 1.17. The third kappa shape index (κ3) is 6.85. The zero-order valence-electron chi connectivity index (χ0n) is 25.3. The molecule has 2 N–H and O–H groups in total.